The predicted molar refractivity (Wildman–Crippen MR) is 112 cm³/mol. The number of hydrogen-bond donors (Lipinski definition) is 0. The fraction of sp³-hybridized carbons (Fsp3) is 0.409. The van der Waals surface area contributed by atoms with Crippen LogP contribution < -0.4 is 9.47 Å². The van der Waals surface area contributed by atoms with E-state index in [1.807, 2.05) is 31.2 Å². The zero-order valence-electron chi connectivity index (χ0n) is 16.6. The Hall–Kier alpha value is -2.31. The first-order chi connectivity index (χ1) is 14.0. The molecular weight excluding hydrogens is 395 g/mol. The fourth-order valence-corrected chi connectivity index (χ4v) is 3.88. The third kappa shape index (κ3) is 4.49. The van der Waals surface area contributed by atoms with Gasteiger partial charge in [0, 0.05) is 31.1 Å². The molecule has 0 amide bonds. The second kappa shape index (κ2) is 8.59. The molecule has 0 N–H and O–H groups in total. The number of halogens is 2. The molecule has 0 bridgehead atoms. The molecule has 154 valence electrons. The van der Waals surface area contributed by atoms with Crippen molar-refractivity contribution in [1.82, 2.24) is 9.88 Å². The Morgan fingerprint density at radius 2 is 2.14 bits per heavy atom. The predicted octanol–water partition coefficient (Wildman–Crippen LogP) is 5.28. The Labute approximate surface area is 174 Å². The van der Waals surface area contributed by atoms with Gasteiger partial charge in [-0.1, -0.05) is 11.6 Å². The number of nitrogens with zero attached hydrogens (tertiary/aromatic N) is 2. The molecule has 1 saturated heterocycles. The van der Waals surface area contributed by atoms with Crippen molar-refractivity contribution in [3.8, 4) is 23.0 Å². The van der Waals surface area contributed by atoms with Gasteiger partial charge < -0.3 is 18.8 Å². The maximum absolute atomic E-state index is 13.3. The SMILES string of the molecule is COc1cc2c(Cl)cc(-c3ccc(C)o3)nc2cc1OCCCN1CCC(F)C1. The van der Waals surface area contributed by atoms with Crippen LogP contribution in [0.3, 0.4) is 0 Å². The lowest BCUT2D eigenvalue weighted by molar-refractivity contribution is 0.243. The van der Waals surface area contributed by atoms with Crippen LogP contribution in [0.4, 0.5) is 4.39 Å². The number of pyridine rings is 1. The van der Waals surface area contributed by atoms with Crippen LogP contribution >= 0.6 is 11.6 Å². The smallest absolute Gasteiger partial charge is 0.163 e. The van der Waals surface area contributed by atoms with Crippen molar-refractivity contribution in [2.45, 2.75) is 25.9 Å². The normalized spacial score (nSPS) is 17.2. The van der Waals surface area contributed by atoms with Gasteiger partial charge in [0.25, 0.3) is 0 Å². The van der Waals surface area contributed by atoms with E-state index in [1.54, 1.807) is 13.2 Å². The molecule has 0 radical (unpaired) electrons. The van der Waals surface area contributed by atoms with Crippen molar-refractivity contribution in [2.75, 3.05) is 33.4 Å². The van der Waals surface area contributed by atoms with E-state index >= 15 is 0 Å². The van der Waals surface area contributed by atoms with Crippen molar-refractivity contribution in [3.63, 3.8) is 0 Å². The van der Waals surface area contributed by atoms with Crippen LogP contribution in [0, 0.1) is 6.92 Å². The highest BCUT2D eigenvalue weighted by Crippen LogP contribution is 2.36. The van der Waals surface area contributed by atoms with Crippen LogP contribution in [0.2, 0.25) is 5.02 Å². The number of likely N-dealkylation sites (tertiary alicyclic amines) is 1. The quantitative estimate of drug-likeness (QED) is 0.488. The summed E-state index contributed by atoms with van der Waals surface area (Å²) in [5.41, 5.74) is 1.37. The number of ether oxygens (including phenoxy) is 2. The molecule has 29 heavy (non-hydrogen) atoms. The average molecular weight is 419 g/mol. The average Bonchev–Trinajstić information content (AvgIpc) is 3.32. The van der Waals surface area contributed by atoms with E-state index in [9.17, 15) is 4.39 Å². The van der Waals surface area contributed by atoms with Crippen molar-refractivity contribution >= 4 is 22.5 Å². The van der Waals surface area contributed by atoms with Crippen molar-refractivity contribution in [1.29, 1.82) is 0 Å². The zero-order valence-corrected chi connectivity index (χ0v) is 17.3. The summed E-state index contributed by atoms with van der Waals surface area (Å²) in [6, 6.07) is 9.23. The molecule has 1 aliphatic rings. The summed E-state index contributed by atoms with van der Waals surface area (Å²) in [4.78, 5) is 6.82. The van der Waals surface area contributed by atoms with Gasteiger partial charge in [-0.15, -0.1) is 0 Å². The number of methoxy groups -OCH3 is 1. The van der Waals surface area contributed by atoms with E-state index in [1.165, 1.54) is 0 Å². The van der Waals surface area contributed by atoms with E-state index in [4.69, 9.17) is 30.5 Å². The van der Waals surface area contributed by atoms with Gasteiger partial charge in [0.05, 0.1) is 24.3 Å². The van der Waals surface area contributed by atoms with Crippen LogP contribution in [-0.2, 0) is 0 Å². The molecule has 1 fully saturated rings. The second-order valence-electron chi connectivity index (χ2n) is 7.31. The standard InChI is InChI=1S/C22H24ClFN2O3/c1-14-4-5-20(29-14)19-11-17(23)16-10-21(27-2)22(12-18(16)25-19)28-9-3-7-26-8-6-15(24)13-26/h4-5,10-12,15H,3,6-9,13H2,1-2H3. The molecule has 0 saturated carbocycles. The molecule has 1 aromatic carbocycles. The number of rotatable bonds is 7. The lowest BCUT2D eigenvalue weighted by Crippen LogP contribution is -2.23. The van der Waals surface area contributed by atoms with Gasteiger partial charge in [0.2, 0.25) is 0 Å². The highest BCUT2D eigenvalue weighted by atomic mass is 35.5. The monoisotopic (exact) mass is 418 g/mol. The van der Waals surface area contributed by atoms with Crippen molar-refractivity contribution in [3.05, 3.63) is 41.1 Å². The van der Waals surface area contributed by atoms with E-state index in [0.717, 1.165) is 30.7 Å². The minimum Gasteiger partial charge on any atom is -0.493 e. The number of furan rings is 1. The first-order valence-electron chi connectivity index (χ1n) is 9.78. The Kier molecular flexibility index (Phi) is 5.92. The summed E-state index contributed by atoms with van der Waals surface area (Å²) in [5.74, 6) is 2.70. The van der Waals surface area contributed by atoms with Crippen LogP contribution in [0.1, 0.15) is 18.6 Å². The summed E-state index contributed by atoms with van der Waals surface area (Å²) in [6.45, 7) is 4.57. The Balaban J connectivity index is 1.53. The highest BCUT2D eigenvalue weighted by molar-refractivity contribution is 6.35. The van der Waals surface area contributed by atoms with E-state index in [0.29, 0.717) is 53.1 Å². The minimum absolute atomic E-state index is 0.514. The van der Waals surface area contributed by atoms with Crippen molar-refractivity contribution < 1.29 is 18.3 Å². The van der Waals surface area contributed by atoms with Crippen LogP contribution in [0.25, 0.3) is 22.4 Å². The van der Waals surface area contributed by atoms with E-state index < -0.39 is 6.17 Å². The maximum atomic E-state index is 13.3. The van der Waals surface area contributed by atoms with Crippen molar-refractivity contribution in [2.24, 2.45) is 0 Å². The minimum atomic E-state index is -0.695. The third-order valence-corrected chi connectivity index (χ3v) is 5.44. The summed E-state index contributed by atoms with van der Waals surface area (Å²) in [7, 11) is 1.60. The van der Waals surface area contributed by atoms with Gasteiger partial charge in [-0.3, -0.25) is 0 Å². The molecule has 5 nitrogen and oxygen atoms in total. The number of aromatic nitrogens is 1. The lowest BCUT2D eigenvalue weighted by Gasteiger charge is -2.16. The summed E-state index contributed by atoms with van der Waals surface area (Å²) >= 11 is 6.50. The van der Waals surface area contributed by atoms with Crippen LogP contribution in [-0.4, -0.2) is 49.4 Å². The third-order valence-electron chi connectivity index (χ3n) is 5.13. The summed E-state index contributed by atoms with van der Waals surface area (Å²) < 4.78 is 30.4. The molecule has 1 aliphatic heterocycles. The molecule has 4 rings (SSSR count). The largest absolute Gasteiger partial charge is 0.493 e. The molecule has 1 unspecified atom stereocenters. The van der Waals surface area contributed by atoms with Gasteiger partial charge in [-0.2, -0.15) is 0 Å². The summed E-state index contributed by atoms with van der Waals surface area (Å²) in [5, 5.41) is 1.35. The molecule has 7 heteroatoms. The molecular formula is C22H24ClFN2O3. The van der Waals surface area contributed by atoms with E-state index in [2.05, 4.69) is 4.90 Å². The fourth-order valence-electron chi connectivity index (χ4n) is 3.62. The lowest BCUT2D eigenvalue weighted by atomic mass is 10.1. The molecule has 0 aliphatic carbocycles. The maximum Gasteiger partial charge on any atom is 0.163 e. The van der Waals surface area contributed by atoms with Gasteiger partial charge in [0.15, 0.2) is 17.3 Å². The summed E-state index contributed by atoms with van der Waals surface area (Å²) in [6.07, 6.45) is 0.747. The molecule has 2 aromatic heterocycles. The Morgan fingerprint density at radius 3 is 2.83 bits per heavy atom. The molecule has 3 heterocycles. The van der Waals surface area contributed by atoms with Gasteiger partial charge in [-0.05, 0) is 44.0 Å². The molecule has 1 atom stereocenters. The van der Waals surface area contributed by atoms with E-state index in [-0.39, 0.29) is 0 Å². The Morgan fingerprint density at radius 1 is 1.28 bits per heavy atom. The number of hydrogen-bond acceptors (Lipinski definition) is 5. The number of aryl methyl sites for hydroxylation is 1. The number of fused-ring (bicyclic) bond motifs is 1. The first kappa shape index (κ1) is 20.0. The number of benzene rings is 1. The Bertz CT molecular complexity index is 1010. The van der Waals surface area contributed by atoms with Crippen LogP contribution in [0.15, 0.2) is 34.7 Å². The van der Waals surface area contributed by atoms with Crippen LogP contribution in [0.5, 0.6) is 11.5 Å². The van der Waals surface area contributed by atoms with Gasteiger partial charge in [-0.25, -0.2) is 9.37 Å². The van der Waals surface area contributed by atoms with Gasteiger partial charge in [0.1, 0.15) is 17.6 Å². The molecule has 3 aromatic rings. The first-order valence-corrected chi connectivity index (χ1v) is 10.2. The zero-order chi connectivity index (χ0) is 20.4. The van der Waals surface area contributed by atoms with Gasteiger partial charge >= 0.3 is 0 Å². The molecule has 0 spiro atoms. The number of alkyl halides is 1. The second-order valence-corrected chi connectivity index (χ2v) is 7.72. The highest BCUT2D eigenvalue weighted by Gasteiger charge is 2.21. The topological polar surface area (TPSA) is 47.7 Å².